The van der Waals surface area contributed by atoms with Gasteiger partial charge in [-0.05, 0) is 6.07 Å². The fourth-order valence-electron chi connectivity index (χ4n) is 0.453. The van der Waals surface area contributed by atoms with Gasteiger partial charge in [-0.3, -0.25) is 0 Å². The summed E-state index contributed by atoms with van der Waals surface area (Å²) in [4.78, 5) is 0.606. The van der Waals surface area contributed by atoms with Gasteiger partial charge in [0.05, 0.1) is 11.1 Å². The molecule has 4 heteroatoms. The lowest BCUT2D eigenvalue weighted by Crippen LogP contribution is -1.69. The van der Waals surface area contributed by atoms with Gasteiger partial charge in [-0.2, -0.15) is 0 Å². The Labute approximate surface area is 55.2 Å². The van der Waals surface area contributed by atoms with Crippen molar-refractivity contribution in [1.82, 2.24) is 0 Å². The van der Waals surface area contributed by atoms with Crippen LogP contribution >= 0.6 is 11.3 Å². The zero-order chi connectivity index (χ0) is 6.69. The summed E-state index contributed by atoms with van der Waals surface area (Å²) in [5, 5.41) is 12.1. The van der Waals surface area contributed by atoms with Gasteiger partial charge in [0.2, 0.25) is 0 Å². The van der Waals surface area contributed by atoms with Crippen LogP contribution in [-0.4, -0.2) is 11.4 Å². The molecule has 0 spiro atoms. The Hall–Kier alpha value is -0.900. The van der Waals surface area contributed by atoms with Gasteiger partial charge in [0, 0.05) is 5.38 Å². The smallest absolute Gasteiger partial charge is 0.134 e. The molecule has 0 aromatic carbocycles. The summed E-state index contributed by atoms with van der Waals surface area (Å²) in [6.45, 7) is 0. The molecule has 0 fully saturated rings. The largest absolute Gasteiger partial charge is 0.411 e. The summed E-state index contributed by atoms with van der Waals surface area (Å²) in [7, 11) is 0. The second-order valence-electron chi connectivity index (χ2n) is 1.41. The second kappa shape index (κ2) is 2.59. The summed E-state index contributed by atoms with van der Waals surface area (Å²) in [6.07, 6.45) is 1.19. The van der Waals surface area contributed by atoms with Crippen LogP contribution in [0.3, 0.4) is 0 Å². The molecule has 0 atom stereocenters. The molecule has 1 heterocycles. The van der Waals surface area contributed by atoms with Crippen LogP contribution in [-0.2, 0) is 0 Å². The number of thiophene rings is 1. The Morgan fingerprint density at radius 2 is 2.56 bits per heavy atom. The highest BCUT2D eigenvalue weighted by molar-refractivity contribution is 7.11. The Morgan fingerprint density at radius 1 is 1.78 bits per heavy atom. The van der Waals surface area contributed by atoms with E-state index in [4.69, 9.17) is 5.21 Å². The van der Waals surface area contributed by atoms with E-state index in [9.17, 15) is 4.39 Å². The predicted octanol–water partition coefficient (Wildman–Crippen LogP) is 1.70. The standard InChI is InChI=1S/C5H4FNOS/c6-4-1-5(2-7-8)9-3-4/h1-3,8H/b7-2+. The molecule has 1 N–H and O–H groups in total. The summed E-state index contributed by atoms with van der Waals surface area (Å²) in [5.41, 5.74) is 0. The molecule has 0 saturated carbocycles. The molecule has 1 aromatic rings. The highest BCUT2D eigenvalue weighted by Crippen LogP contribution is 2.09. The van der Waals surface area contributed by atoms with Crippen molar-refractivity contribution in [2.75, 3.05) is 0 Å². The van der Waals surface area contributed by atoms with E-state index < -0.39 is 0 Å². The second-order valence-corrected chi connectivity index (χ2v) is 2.35. The molecule has 9 heavy (non-hydrogen) atoms. The normalized spacial score (nSPS) is 10.8. The van der Waals surface area contributed by atoms with Gasteiger partial charge in [-0.25, -0.2) is 4.39 Å². The predicted molar refractivity (Wildman–Crippen MR) is 33.7 cm³/mol. The maximum Gasteiger partial charge on any atom is 0.134 e. The Kier molecular flexibility index (Phi) is 1.79. The molecule has 1 rings (SSSR count). The maximum atomic E-state index is 12.1. The number of oxime groups is 1. The van der Waals surface area contributed by atoms with Gasteiger partial charge in [-0.15, -0.1) is 11.3 Å². The molecule has 0 unspecified atom stereocenters. The van der Waals surface area contributed by atoms with E-state index in [2.05, 4.69) is 5.16 Å². The van der Waals surface area contributed by atoms with Crippen molar-refractivity contribution >= 4 is 17.6 Å². The molecule has 0 aliphatic carbocycles. The molecule has 0 saturated heterocycles. The molecule has 0 radical (unpaired) electrons. The van der Waals surface area contributed by atoms with Crippen molar-refractivity contribution < 1.29 is 9.60 Å². The summed E-state index contributed by atoms with van der Waals surface area (Å²) < 4.78 is 12.1. The van der Waals surface area contributed by atoms with Crippen LogP contribution in [0.25, 0.3) is 0 Å². The maximum absolute atomic E-state index is 12.1. The van der Waals surface area contributed by atoms with Crippen LogP contribution in [0.5, 0.6) is 0 Å². The molecular formula is C5H4FNOS. The van der Waals surface area contributed by atoms with Gasteiger partial charge in [0.25, 0.3) is 0 Å². The number of rotatable bonds is 1. The molecule has 1 aromatic heterocycles. The molecule has 0 amide bonds. The quantitative estimate of drug-likeness (QED) is 0.364. The van der Waals surface area contributed by atoms with Crippen LogP contribution in [0.1, 0.15) is 4.88 Å². The molecule has 0 aliphatic heterocycles. The van der Waals surface area contributed by atoms with E-state index in [0.29, 0.717) is 4.88 Å². The van der Waals surface area contributed by atoms with Crippen LogP contribution in [0.4, 0.5) is 4.39 Å². The van der Waals surface area contributed by atoms with E-state index in [1.54, 1.807) is 0 Å². The number of nitrogens with zero attached hydrogens (tertiary/aromatic N) is 1. The molecule has 0 bridgehead atoms. The van der Waals surface area contributed by atoms with Crippen molar-refractivity contribution in [3.05, 3.63) is 22.1 Å². The van der Waals surface area contributed by atoms with E-state index >= 15 is 0 Å². The molecule has 48 valence electrons. The average molecular weight is 145 g/mol. The monoisotopic (exact) mass is 145 g/mol. The van der Waals surface area contributed by atoms with E-state index in [1.165, 1.54) is 29.0 Å². The van der Waals surface area contributed by atoms with E-state index in [1.807, 2.05) is 0 Å². The fourth-order valence-corrected chi connectivity index (χ4v) is 1.06. The van der Waals surface area contributed by atoms with Crippen molar-refractivity contribution in [3.8, 4) is 0 Å². The highest BCUT2D eigenvalue weighted by Gasteiger charge is 1.93. The van der Waals surface area contributed by atoms with E-state index in [-0.39, 0.29) is 5.82 Å². The van der Waals surface area contributed by atoms with Gasteiger partial charge in [-0.1, -0.05) is 5.16 Å². The third kappa shape index (κ3) is 1.50. The average Bonchev–Trinajstić information content (AvgIpc) is 2.17. The van der Waals surface area contributed by atoms with E-state index in [0.717, 1.165) is 0 Å². The van der Waals surface area contributed by atoms with Gasteiger partial charge >= 0.3 is 0 Å². The number of hydrogen-bond donors (Lipinski definition) is 1. The SMILES string of the molecule is O/N=C/c1cc(F)cs1. The molecule has 0 aliphatic rings. The summed E-state index contributed by atoms with van der Waals surface area (Å²) in [5.74, 6) is -0.296. The minimum atomic E-state index is -0.296. The van der Waals surface area contributed by atoms with Gasteiger partial charge in [0.1, 0.15) is 5.82 Å². The van der Waals surface area contributed by atoms with Crippen molar-refractivity contribution in [2.24, 2.45) is 5.16 Å². The lowest BCUT2D eigenvalue weighted by atomic mass is 10.5. The van der Waals surface area contributed by atoms with Gasteiger partial charge < -0.3 is 5.21 Å². The lowest BCUT2D eigenvalue weighted by molar-refractivity contribution is 0.322. The molecule has 2 nitrogen and oxygen atoms in total. The Balaban J connectivity index is 2.85. The highest BCUT2D eigenvalue weighted by atomic mass is 32.1. The Bertz CT molecular complexity index is 220. The zero-order valence-corrected chi connectivity index (χ0v) is 5.23. The van der Waals surface area contributed by atoms with Crippen LogP contribution in [0.15, 0.2) is 16.6 Å². The number of halogens is 1. The van der Waals surface area contributed by atoms with Crippen LogP contribution in [0, 0.1) is 5.82 Å². The van der Waals surface area contributed by atoms with Crippen molar-refractivity contribution in [2.45, 2.75) is 0 Å². The van der Waals surface area contributed by atoms with Crippen LogP contribution < -0.4 is 0 Å². The topological polar surface area (TPSA) is 32.6 Å². The zero-order valence-electron chi connectivity index (χ0n) is 4.41. The lowest BCUT2D eigenvalue weighted by Gasteiger charge is -1.73. The third-order valence-electron chi connectivity index (χ3n) is 0.773. The number of hydrogen-bond acceptors (Lipinski definition) is 3. The van der Waals surface area contributed by atoms with Crippen molar-refractivity contribution in [1.29, 1.82) is 0 Å². The third-order valence-corrected chi connectivity index (χ3v) is 1.61. The van der Waals surface area contributed by atoms with Crippen molar-refractivity contribution in [3.63, 3.8) is 0 Å². The fraction of sp³-hybridized carbons (Fsp3) is 0. The first-order valence-corrected chi connectivity index (χ1v) is 3.12. The summed E-state index contributed by atoms with van der Waals surface area (Å²) in [6, 6.07) is 1.30. The minimum Gasteiger partial charge on any atom is -0.411 e. The molecular weight excluding hydrogens is 141 g/mol. The van der Waals surface area contributed by atoms with Gasteiger partial charge in [0.15, 0.2) is 0 Å². The van der Waals surface area contributed by atoms with Crippen LogP contribution in [0.2, 0.25) is 0 Å². The first-order valence-electron chi connectivity index (χ1n) is 2.24. The summed E-state index contributed by atoms with van der Waals surface area (Å²) >= 11 is 1.19. The minimum absolute atomic E-state index is 0.296. The Morgan fingerprint density at radius 3 is 3.00 bits per heavy atom. The first kappa shape index (κ1) is 6.22. The first-order chi connectivity index (χ1) is 4.33.